The van der Waals surface area contributed by atoms with Crippen LogP contribution in [0.2, 0.25) is 0 Å². The van der Waals surface area contributed by atoms with Crippen molar-refractivity contribution < 1.29 is 0 Å². The zero-order valence-electron chi connectivity index (χ0n) is 31.0. The van der Waals surface area contributed by atoms with Crippen molar-refractivity contribution in [2.24, 2.45) is 0 Å². The quantitative estimate of drug-likeness (QED) is 0.168. The van der Waals surface area contributed by atoms with E-state index in [2.05, 4.69) is 226 Å². The van der Waals surface area contributed by atoms with E-state index >= 15 is 0 Å². The lowest BCUT2D eigenvalue weighted by Crippen LogP contribution is -1.96. The molecule has 0 N–H and O–H groups in total. The van der Waals surface area contributed by atoms with Crippen LogP contribution < -0.4 is 0 Å². The largest absolute Gasteiger partial charge is 0.309 e. The molecule has 57 heavy (non-hydrogen) atoms. The number of nitrogens with zero attached hydrogens (tertiary/aromatic N) is 3. The highest BCUT2D eigenvalue weighted by Gasteiger charge is 2.19. The van der Waals surface area contributed by atoms with Gasteiger partial charge in [-0.05, 0) is 95.1 Å². The van der Waals surface area contributed by atoms with E-state index in [-0.39, 0.29) is 0 Å². The summed E-state index contributed by atoms with van der Waals surface area (Å²) in [5.41, 5.74) is 15.4. The Morgan fingerprint density at radius 1 is 0.193 bits per heavy atom. The van der Waals surface area contributed by atoms with Crippen LogP contribution in [0.1, 0.15) is 0 Å². The van der Waals surface area contributed by atoms with Gasteiger partial charge in [-0.25, -0.2) is 0 Å². The van der Waals surface area contributed by atoms with Gasteiger partial charge < -0.3 is 13.7 Å². The van der Waals surface area contributed by atoms with Gasteiger partial charge in [0.15, 0.2) is 0 Å². The maximum absolute atomic E-state index is 2.44. The van der Waals surface area contributed by atoms with Gasteiger partial charge in [0.2, 0.25) is 0 Å². The van der Waals surface area contributed by atoms with Gasteiger partial charge in [-0.1, -0.05) is 140 Å². The molecule has 0 aliphatic rings. The van der Waals surface area contributed by atoms with Gasteiger partial charge in [0.05, 0.1) is 33.1 Å². The van der Waals surface area contributed by atoms with E-state index in [1.807, 2.05) is 0 Å². The fourth-order valence-electron chi connectivity index (χ4n) is 9.27. The molecule has 0 saturated heterocycles. The predicted octanol–water partition coefficient (Wildman–Crippen LogP) is 14.3. The molecule has 3 aromatic heterocycles. The van der Waals surface area contributed by atoms with Crippen LogP contribution in [0.15, 0.2) is 212 Å². The third-order valence-electron chi connectivity index (χ3n) is 11.8. The monoisotopic (exact) mass is 725 g/mol. The van der Waals surface area contributed by atoms with Crippen LogP contribution >= 0.6 is 0 Å². The maximum atomic E-state index is 2.44. The summed E-state index contributed by atoms with van der Waals surface area (Å²) >= 11 is 0. The molecule has 3 heteroatoms. The minimum atomic E-state index is 1.14. The van der Waals surface area contributed by atoms with Crippen LogP contribution in [0.4, 0.5) is 0 Å². The Morgan fingerprint density at radius 2 is 0.561 bits per heavy atom. The van der Waals surface area contributed by atoms with Gasteiger partial charge in [-0.2, -0.15) is 0 Å². The van der Waals surface area contributed by atoms with Crippen LogP contribution in [-0.4, -0.2) is 13.7 Å². The van der Waals surface area contributed by atoms with Gasteiger partial charge in [0.25, 0.3) is 0 Å². The van der Waals surface area contributed by atoms with Crippen LogP contribution in [0.5, 0.6) is 0 Å². The van der Waals surface area contributed by atoms with Crippen molar-refractivity contribution in [1.82, 2.24) is 13.7 Å². The molecule has 9 aromatic carbocycles. The Labute approximate surface area is 329 Å². The molecule has 0 bridgehead atoms. The molecule has 3 nitrogen and oxygen atoms in total. The molecule has 0 radical (unpaired) electrons. The molecule has 12 aromatic rings. The van der Waals surface area contributed by atoms with Crippen molar-refractivity contribution in [2.45, 2.75) is 0 Å². The van der Waals surface area contributed by atoms with Gasteiger partial charge >= 0.3 is 0 Å². The Bertz CT molecular complexity index is 3450. The third kappa shape index (κ3) is 4.86. The number of rotatable bonds is 5. The highest BCUT2D eigenvalue weighted by Crippen LogP contribution is 2.40. The van der Waals surface area contributed by atoms with Crippen molar-refractivity contribution >= 4 is 65.4 Å². The van der Waals surface area contributed by atoms with E-state index in [0.29, 0.717) is 0 Å². The minimum Gasteiger partial charge on any atom is -0.309 e. The fourth-order valence-corrected chi connectivity index (χ4v) is 9.27. The van der Waals surface area contributed by atoms with Crippen LogP contribution in [0.3, 0.4) is 0 Å². The van der Waals surface area contributed by atoms with E-state index in [1.54, 1.807) is 0 Å². The molecule has 12 rings (SSSR count). The summed E-state index contributed by atoms with van der Waals surface area (Å²) < 4.78 is 7.26. The van der Waals surface area contributed by atoms with E-state index in [0.717, 1.165) is 17.1 Å². The Morgan fingerprint density at radius 3 is 1.05 bits per heavy atom. The van der Waals surface area contributed by atoms with E-state index in [4.69, 9.17) is 0 Å². The third-order valence-corrected chi connectivity index (χ3v) is 11.8. The normalized spacial score (nSPS) is 11.9. The van der Waals surface area contributed by atoms with Crippen LogP contribution in [-0.2, 0) is 0 Å². The molecular weight excluding hydrogens is 691 g/mol. The highest BCUT2D eigenvalue weighted by molar-refractivity contribution is 6.19. The minimum absolute atomic E-state index is 1.14. The number of fused-ring (bicyclic) bond motifs is 9. The number of para-hydroxylation sites is 4. The Balaban J connectivity index is 1.02. The number of hydrogen-bond acceptors (Lipinski definition) is 0. The molecular formula is C54H35N3. The molecule has 0 amide bonds. The summed E-state index contributed by atoms with van der Waals surface area (Å²) in [4.78, 5) is 0. The molecule has 0 aliphatic carbocycles. The summed E-state index contributed by atoms with van der Waals surface area (Å²) in [6.45, 7) is 0. The first-order chi connectivity index (χ1) is 28.3. The second kappa shape index (κ2) is 12.5. The van der Waals surface area contributed by atoms with Crippen LogP contribution in [0.25, 0.3) is 105 Å². The van der Waals surface area contributed by atoms with Crippen molar-refractivity contribution in [1.29, 1.82) is 0 Å². The predicted molar refractivity (Wildman–Crippen MR) is 240 cm³/mol. The zero-order chi connectivity index (χ0) is 37.5. The molecule has 266 valence electrons. The van der Waals surface area contributed by atoms with Crippen molar-refractivity contribution in [3.8, 4) is 39.3 Å². The second-order valence-electron chi connectivity index (χ2n) is 15.0. The van der Waals surface area contributed by atoms with E-state index in [1.165, 1.54) is 87.7 Å². The summed E-state index contributed by atoms with van der Waals surface area (Å²) in [5.74, 6) is 0. The zero-order valence-corrected chi connectivity index (χ0v) is 31.0. The standard InChI is InChI=1S/C54H35N3/c1-2-14-36(15-3-1)38-16-12-19-42(32-38)57-52-27-11-7-23-46(52)48-34-47-45-22-6-10-26-51(45)55(53(47)35-54(48)57)40-30-28-37(29-31-40)39-17-13-18-41(33-39)56-49-24-8-4-20-43(49)44-21-5-9-25-50(44)56/h1-35H. The molecule has 0 aliphatic heterocycles. The molecule has 0 spiro atoms. The molecule has 0 unspecified atom stereocenters. The van der Waals surface area contributed by atoms with Crippen molar-refractivity contribution in [2.75, 3.05) is 0 Å². The lowest BCUT2D eigenvalue weighted by Gasteiger charge is -2.13. The number of hydrogen-bond donors (Lipinski definition) is 0. The average Bonchev–Trinajstić information content (AvgIpc) is 3.91. The number of benzene rings is 9. The van der Waals surface area contributed by atoms with E-state index < -0.39 is 0 Å². The molecule has 0 fully saturated rings. The number of aromatic nitrogens is 3. The van der Waals surface area contributed by atoms with Crippen molar-refractivity contribution in [3.05, 3.63) is 212 Å². The lowest BCUT2D eigenvalue weighted by molar-refractivity contribution is 1.16. The van der Waals surface area contributed by atoms with Gasteiger partial charge in [-0.3, -0.25) is 0 Å². The summed E-state index contributed by atoms with van der Waals surface area (Å²) in [7, 11) is 0. The second-order valence-corrected chi connectivity index (χ2v) is 15.0. The average molecular weight is 726 g/mol. The van der Waals surface area contributed by atoms with Gasteiger partial charge in [0, 0.05) is 49.4 Å². The topological polar surface area (TPSA) is 14.8 Å². The Kier molecular flexibility index (Phi) is 6.93. The first kappa shape index (κ1) is 31.7. The van der Waals surface area contributed by atoms with Crippen molar-refractivity contribution in [3.63, 3.8) is 0 Å². The van der Waals surface area contributed by atoms with Gasteiger partial charge in [0.1, 0.15) is 0 Å². The summed E-state index contributed by atoms with van der Waals surface area (Å²) in [6.07, 6.45) is 0. The SMILES string of the molecule is c1ccc(-c2cccc(-n3c4ccccc4c4cc5c6ccccc6n(-c6ccc(-c7cccc(-n8c9ccccc9c9ccccc98)c7)cc6)c5cc43)c2)cc1. The van der Waals surface area contributed by atoms with Crippen LogP contribution in [0, 0.1) is 0 Å². The lowest BCUT2D eigenvalue weighted by atomic mass is 10.0. The fraction of sp³-hybridized carbons (Fsp3) is 0. The van der Waals surface area contributed by atoms with Gasteiger partial charge in [-0.15, -0.1) is 0 Å². The smallest absolute Gasteiger partial charge is 0.0562 e. The summed E-state index contributed by atoms with van der Waals surface area (Å²) in [6, 6.07) is 77.4. The first-order valence-corrected chi connectivity index (χ1v) is 19.6. The maximum Gasteiger partial charge on any atom is 0.0562 e. The molecule has 0 atom stereocenters. The Hall–Kier alpha value is -7.62. The highest BCUT2D eigenvalue weighted by atomic mass is 15.0. The molecule has 3 heterocycles. The molecule has 0 saturated carbocycles. The first-order valence-electron chi connectivity index (χ1n) is 19.6. The van der Waals surface area contributed by atoms with E-state index in [9.17, 15) is 0 Å². The summed E-state index contributed by atoms with van der Waals surface area (Å²) in [5, 5.41) is 7.55.